The standard InChI is InChI=1S/C9H14F3N3O/c1-3-4-5-6-14-7(16-15-6)8(2,13)9(10,11)12/h3-5,13H2,1-2H3. The molecule has 0 bridgehead atoms. The molecule has 1 atom stereocenters. The van der Waals surface area contributed by atoms with Crippen molar-refractivity contribution in [2.45, 2.75) is 44.8 Å². The molecule has 1 aromatic rings. The summed E-state index contributed by atoms with van der Waals surface area (Å²) in [4.78, 5) is 3.66. The SMILES string of the molecule is CCCCc1noc(C(C)(N)C(F)(F)F)n1. The third-order valence-corrected chi connectivity index (χ3v) is 2.26. The van der Waals surface area contributed by atoms with E-state index in [2.05, 4.69) is 14.7 Å². The van der Waals surface area contributed by atoms with Gasteiger partial charge in [0.1, 0.15) is 0 Å². The molecule has 1 rings (SSSR count). The van der Waals surface area contributed by atoms with E-state index in [4.69, 9.17) is 5.73 Å². The van der Waals surface area contributed by atoms with Crippen molar-refractivity contribution in [1.82, 2.24) is 10.1 Å². The first-order valence-corrected chi connectivity index (χ1v) is 4.97. The first kappa shape index (κ1) is 13.0. The zero-order valence-electron chi connectivity index (χ0n) is 9.14. The Labute approximate surface area is 91.0 Å². The highest BCUT2D eigenvalue weighted by Crippen LogP contribution is 2.35. The summed E-state index contributed by atoms with van der Waals surface area (Å²) < 4.78 is 42.1. The van der Waals surface area contributed by atoms with Crippen LogP contribution >= 0.6 is 0 Å². The van der Waals surface area contributed by atoms with E-state index in [0.29, 0.717) is 6.42 Å². The van der Waals surface area contributed by atoms with Crippen molar-refractivity contribution in [2.24, 2.45) is 5.73 Å². The van der Waals surface area contributed by atoms with Crippen LogP contribution in [0.2, 0.25) is 0 Å². The molecule has 7 heteroatoms. The van der Waals surface area contributed by atoms with Crippen molar-refractivity contribution in [3.63, 3.8) is 0 Å². The van der Waals surface area contributed by atoms with Crippen LogP contribution in [-0.4, -0.2) is 16.3 Å². The van der Waals surface area contributed by atoms with Gasteiger partial charge in [-0.05, 0) is 13.3 Å². The van der Waals surface area contributed by atoms with Crippen molar-refractivity contribution in [1.29, 1.82) is 0 Å². The zero-order chi connectivity index (χ0) is 12.4. The van der Waals surface area contributed by atoms with Gasteiger partial charge in [0.25, 0.3) is 5.89 Å². The number of aryl methyl sites for hydroxylation is 1. The largest absolute Gasteiger partial charge is 0.415 e. The number of halogens is 3. The molecule has 0 aliphatic heterocycles. The molecule has 0 aromatic carbocycles. The fourth-order valence-electron chi connectivity index (χ4n) is 1.02. The highest BCUT2D eigenvalue weighted by molar-refractivity contribution is 5.04. The number of hydrogen-bond acceptors (Lipinski definition) is 4. The third-order valence-electron chi connectivity index (χ3n) is 2.26. The molecule has 1 unspecified atom stereocenters. The summed E-state index contributed by atoms with van der Waals surface area (Å²) in [6.45, 7) is 2.77. The Balaban J connectivity index is 2.85. The van der Waals surface area contributed by atoms with E-state index in [1.165, 1.54) is 0 Å². The number of hydrogen-bond donors (Lipinski definition) is 1. The van der Waals surface area contributed by atoms with Gasteiger partial charge in [0.15, 0.2) is 11.4 Å². The van der Waals surface area contributed by atoms with Gasteiger partial charge in [-0.25, -0.2) is 0 Å². The zero-order valence-corrected chi connectivity index (χ0v) is 9.14. The summed E-state index contributed by atoms with van der Waals surface area (Å²) in [6.07, 6.45) is -2.41. The monoisotopic (exact) mass is 237 g/mol. The van der Waals surface area contributed by atoms with Crippen LogP contribution in [0.15, 0.2) is 4.52 Å². The molecule has 0 radical (unpaired) electrons. The summed E-state index contributed by atoms with van der Waals surface area (Å²) in [5.74, 6) is -0.330. The lowest BCUT2D eigenvalue weighted by molar-refractivity contribution is -0.190. The van der Waals surface area contributed by atoms with Gasteiger partial charge < -0.3 is 10.3 Å². The third kappa shape index (κ3) is 2.52. The molecule has 16 heavy (non-hydrogen) atoms. The van der Waals surface area contributed by atoms with Crippen LogP contribution in [0.5, 0.6) is 0 Å². The predicted molar refractivity (Wildman–Crippen MR) is 50.5 cm³/mol. The minimum Gasteiger partial charge on any atom is -0.337 e. The average molecular weight is 237 g/mol. The van der Waals surface area contributed by atoms with Gasteiger partial charge >= 0.3 is 6.18 Å². The van der Waals surface area contributed by atoms with E-state index in [0.717, 1.165) is 19.8 Å². The second-order valence-corrected chi connectivity index (χ2v) is 3.82. The molecule has 0 aliphatic carbocycles. The van der Waals surface area contributed by atoms with Gasteiger partial charge in [-0.3, -0.25) is 0 Å². The van der Waals surface area contributed by atoms with Crippen molar-refractivity contribution >= 4 is 0 Å². The first-order valence-electron chi connectivity index (χ1n) is 4.97. The molecule has 0 fully saturated rings. The fourth-order valence-corrected chi connectivity index (χ4v) is 1.02. The molecule has 0 saturated carbocycles. The summed E-state index contributed by atoms with van der Waals surface area (Å²) in [5.41, 5.74) is 2.54. The van der Waals surface area contributed by atoms with Crippen LogP contribution in [0, 0.1) is 0 Å². The average Bonchev–Trinajstić information content (AvgIpc) is 2.61. The Hall–Kier alpha value is -1.11. The number of unbranched alkanes of at least 4 members (excludes halogenated alkanes) is 1. The normalized spacial score (nSPS) is 16.1. The topological polar surface area (TPSA) is 64.9 Å². The molecule has 0 saturated heterocycles. The Bertz CT molecular complexity index is 346. The lowest BCUT2D eigenvalue weighted by Crippen LogP contribution is -2.48. The van der Waals surface area contributed by atoms with Gasteiger partial charge in [0, 0.05) is 6.42 Å². The number of aromatic nitrogens is 2. The maximum absolute atomic E-state index is 12.5. The summed E-state index contributed by atoms with van der Waals surface area (Å²) in [7, 11) is 0. The van der Waals surface area contributed by atoms with Gasteiger partial charge in [0.05, 0.1) is 0 Å². The molecule has 0 aliphatic rings. The lowest BCUT2D eigenvalue weighted by Gasteiger charge is -2.22. The molecular weight excluding hydrogens is 223 g/mol. The van der Waals surface area contributed by atoms with Gasteiger partial charge in [0.2, 0.25) is 0 Å². The second kappa shape index (κ2) is 4.40. The van der Waals surface area contributed by atoms with Gasteiger partial charge in [-0.15, -0.1) is 0 Å². The number of nitrogens with two attached hydrogens (primary N) is 1. The molecular formula is C9H14F3N3O. The number of rotatable bonds is 4. The van der Waals surface area contributed by atoms with E-state index in [9.17, 15) is 13.2 Å². The molecule has 0 spiro atoms. The molecule has 1 heterocycles. The highest BCUT2D eigenvalue weighted by atomic mass is 19.4. The summed E-state index contributed by atoms with van der Waals surface area (Å²) in [6, 6.07) is 0. The summed E-state index contributed by atoms with van der Waals surface area (Å²) >= 11 is 0. The molecule has 92 valence electrons. The Morgan fingerprint density at radius 3 is 2.50 bits per heavy atom. The predicted octanol–water partition coefficient (Wildman–Crippen LogP) is 2.15. The maximum atomic E-state index is 12.5. The van der Waals surface area contributed by atoms with E-state index in [1.54, 1.807) is 0 Å². The minimum absolute atomic E-state index is 0.262. The van der Waals surface area contributed by atoms with Crippen LogP contribution in [-0.2, 0) is 12.0 Å². The number of nitrogens with zero attached hydrogens (tertiary/aromatic N) is 2. The quantitative estimate of drug-likeness (QED) is 0.871. The fraction of sp³-hybridized carbons (Fsp3) is 0.778. The molecule has 1 aromatic heterocycles. The maximum Gasteiger partial charge on any atom is 0.415 e. The van der Waals surface area contributed by atoms with Gasteiger partial charge in [-0.1, -0.05) is 18.5 Å². The highest BCUT2D eigenvalue weighted by Gasteiger charge is 2.53. The van der Waals surface area contributed by atoms with Crippen LogP contribution in [0.4, 0.5) is 13.2 Å². The number of alkyl halides is 3. The Kier molecular flexibility index (Phi) is 3.57. The van der Waals surface area contributed by atoms with Gasteiger partial charge in [-0.2, -0.15) is 18.2 Å². The Morgan fingerprint density at radius 2 is 2.00 bits per heavy atom. The van der Waals surface area contributed by atoms with E-state index in [1.807, 2.05) is 6.92 Å². The lowest BCUT2D eigenvalue weighted by atomic mass is 10.0. The van der Waals surface area contributed by atoms with Crippen LogP contribution in [0.25, 0.3) is 0 Å². The molecule has 2 N–H and O–H groups in total. The Morgan fingerprint density at radius 1 is 1.38 bits per heavy atom. The molecule has 4 nitrogen and oxygen atoms in total. The smallest absolute Gasteiger partial charge is 0.337 e. The summed E-state index contributed by atoms with van der Waals surface area (Å²) in [5, 5.41) is 3.47. The molecule has 0 amide bonds. The minimum atomic E-state index is -4.61. The second-order valence-electron chi connectivity index (χ2n) is 3.82. The van der Waals surface area contributed by atoms with Crippen molar-refractivity contribution in [3.8, 4) is 0 Å². The van der Waals surface area contributed by atoms with Crippen LogP contribution in [0.1, 0.15) is 38.4 Å². The first-order chi connectivity index (χ1) is 7.29. The van der Waals surface area contributed by atoms with Crippen molar-refractivity contribution in [3.05, 3.63) is 11.7 Å². The van der Waals surface area contributed by atoms with Crippen molar-refractivity contribution < 1.29 is 17.7 Å². The van der Waals surface area contributed by atoms with E-state index in [-0.39, 0.29) is 5.82 Å². The van der Waals surface area contributed by atoms with Crippen LogP contribution < -0.4 is 5.73 Å². The van der Waals surface area contributed by atoms with Crippen molar-refractivity contribution in [2.75, 3.05) is 0 Å². The van der Waals surface area contributed by atoms with E-state index < -0.39 is 17.6 Å². The van der Waals surface area contributed by atoms with E-state index >= 15 is 0 Å². The van der Waals surface area contributed by atoms with Crippen LogP contribution in [0.3, 0.4) is 0 Å².